The van der Waals surface area contributed by atoms with Crippen LogP contribution in [0.2, 0.25) is 0 Å². The van der Waals surface area contributed by atoms with Crippen LogP contribution in [0.15, 0.2) is 0 Å². The molecular weight excluding hydrogens is 198 g/mol. The van der Waals surface area contributed by atoms with Crippen LogP contribution in [0.5, 0.6) is 0 Å². The Bertz CT molecular complexity index is 199. The Morgan fingerprint density at radius 1 is 1.12 bits per heavy atom. The highest BCUT2D eigenvalue weighted by Crippen LogP contribution is 2.29. The molecule has 3 atom stereocenters. The Labute approximate surface area is 99.9 Å². The summed E-state index contributed by atoms with van der Waals surface area (Å²) in [6.45, 7) is 3.13. The summed E-state index contributed by atoms with van der Waals surface area (Å²) in [5.41, 5.74) is 6.21. The second kappa shape index (κ2) is 6.02. The van der Waals surface area contributed by atoms with E-state index in [1.165, 1.54) is 51.4 Å². The molecule has 3 unspecified atom stereocenters. The molecule has 0 saturated heterocycles. The molecule has 0 spiro atoms. The van der Waals surface area contributed by atoms with Crippen molar-refractivity contribution in [1.29, 1.82) is 0 Å². The van der Waals surface area contributed by atoms with E-state index in [9.17, 15) is 0 Å². The fourth-order valence-corrected chi connectivity index (χ4v) is 3.30. The van der Waals surface area contributed by atoms with Crippen molar-refractivity contribution in [3.8, 4) is 0 Å². The standard InChI is InChI=1S/C14H27NO/c1-11-5-4-8-13(9-11)16-10-14(15)12-6-2-3-7-12/h11-14H,2-10,15H2,1H3. The van der Waals surface area contributed by atoms with Crippen molar-refractivity contribution in [3.63, 3.8) is 0 Å². The van der Waals surface area contributed by atoms with Gasteiger partial charge in [-0.2, -0.15) is 0 Å². The average molecular weight is 225 g/mol. The molecule has 0 aromatic carbocycles. The van der Waals surface area contributed by atoms with Gasteiger partial charge in [0.1, 0.15) is 0 Å². The van der Waals surface area contributed by atoms with E-state index in [0.717, 1.165) is 18.4 Å². The Hall–Kier alpha value is -0.0800. The Kier molecular flexibility index (Phi) is 4.66. The van der Waals surface area contributed by atoms with Crippen LogP contribution < -0.4 is 5.73 Å². The van der Waals surface area contributed by atoms with E-state index in [0.29, 0.717) is 12.1 Å². The lowest BCUT2D eigenvalue weighted by atomic mass is 9.88. The van der Waals surface area contributed by atoms with Crippen molar-refractivity contribution in [2.45, 2.75) is 70.4 Å². The fraction of sp³-hybridized carbons (Fsp3) is 1.00. The number of ether oxygens (including phenoxy) is 1. The summed E-state index contributed by atoms with van der Waals surface area (Å²) < 4.78 is 6.00. The molecule has 2 aliphatic rings. The van der Waals surface area contributed by atoms with E-state index in [1.807, 2.05) is 0 Å². The van der Waals surface area contributed by atoms with Crippen molar-refractivity contribution >= 4 is 0 Å². The van der Waals surface area contributed by atoms with Crippen molar-refractivity contribution in [1.82, 2.24) is 0 Å². The summed E-state index contributed by atoms with van der Waals surface area (Å²) in [6.07, 6.45) is 11.1. The van der Waals surface area contributed by atoms with Gasteiger partial charge in [0.05, 0.1) is 12.7 Å². The highest BCUT2D eigenvalue weighted by molar-refractivity contribution is 4.78. The van der Waals surface area contributed by atoms with Crippen LogP contribution in [0, 0.1) is 11.8 Å². The molecule has 2 fully saturated rings. The zero-order valence-corrected chi connectivity index (χ0v) is 10.7. The van der Waals surface area contributed by atoms with Gasteiger partial charge in [-0.1, -0.05) is 32.6 Å². The zero-order chi connectivity index (χ0) is 11.4. The predicted molar refractivity (Wildman–Crippen MR) is 67.3 cm³/mol. The maximum absolute atomic E-state index is 6.21. The molecule has 0 heterocycles. The largest absolute Gasteiger partial charge is 0.377 e. The topological polar surface area (TPSA) is 35.2 Å². The van der Waals surface area contributed by atoms with E-state index >= 15 is 0 Å². The monoisotopic (exact) mass is 225 g/mol. The van der Waals surface area contributed by atoms with Crippen LogP contribution in [-0.2, 0) is 4.74 Å². The quantitative estimate of drug-likeness (QED) is 0.798. The van der Waals surface area contributed by atoms with E-state index in [1.54, 1.807) is 0 Å². The van der Waals surface area contributed by atoms with Gasteiger partial charge in [-0.05, 0) is 37.5 Å². The number of hydrogen-bond acceptors (Lipinski definition) is 2. The van der Waals surface area contributed by atoms with Crippen LogP contribution in [-0.4, -0.2) is 18.8 Å². The van der Waals surface area contributed by atoms with E-state index in [4.69, 9.17) is 10.5 Å². The van der Waals surface area contributed by atoms with Gasteiger partial charge < -0.3 is 10.5 Å². The Morgan fingerprint density at radius 2 is 1.88 bits per heavy atom. The second-order valence-corrected chi connectivity index (χ2v) is 5.94. The van der Waals surface area contributed by atoms with Gasteiger partial charge in [0.15, 0.2) is 0 Å². The van der Waals surface area contributed by atoms with Crippen LogP contribution in [0.25, 0.3) is 0 Å². The minimum Gasteiger partial charge on any atom is -0.377 e. The number of rotatable bonds is 4. The average Bonchev–Trinajstić information content (AvgIpc) is 2.79. The molecule has 2 saturated carbocycles. The van der Waals surface area contributed by atoms with E-state index < -0.39 is 0 Å². The minimum absolute atomic E-state index is 0.291. The lowest BCUT2D eigenvalue weighted by Crippen LogP contribution is -2.36. The van der Waals surface area contributed by atoms with Crippen LogP contribution in [0.3, 0.4) is 0 Å². The van der Waals surface area contributed by atoms with Crippen LogP contribution in [0.4, 0.5) is 0 Å². The molecule has 94 valence electrons. The van der Waals surface area contributed by atoms with Gasteiger partial charge in [-0.15, -0.1) is 0 Å². The molecule has 2 rings (SSSR count). The van der Waals surface area contributed by atoms with Gasteiger partial charge >= 0.3 is 0 Å². The third-order valence-electron chi connectivity index (χ3n) is 4.42. The van der Waals surface area contributed by atoms with E-state index in [2.05, 4.69) is 6.92 Å². The maximum Gasteiger partial charge on any atom is 0.0623 e. The van der Waals surface area contributed by atoms with Crippen LogP contribution >= 0.6 is 0 Å². The summed E-state index contributed by atoms with van der Waals surface area (Å²) in [5, 5.41) is 0. The predicted octanol–water partition coefficient (Wildman–Crippen LogP) is 3.10. The summed E-state index contributed by atoms with van der Waals surface area (Å²) in [6, 6.07) is 0.291. The van der Waals surface area contributed by atoms with E-state index in [-0.39, 0.29) is 0 Å². The third-order valence-corrected chi connectivity index (χ3v) is 4.42. The summed E-state index contributed by atoms with van der Waals surface area (Å²) in [7, 11) is 0. The molecular formula is C14H27NO. The lowest BCUT2D eigenvalue weighted by Gasteiger charge is -2.29. The molecule has 0 radical (unpaired) electrons. The Morgan fingerprint density at radius 3 is 2.56 bits per heavy atom. The summed E-state index contributed by atoms with van der Waals surface area (Å²) >= 11 is 0. The third kappa shape index (κ3) is 3.46. The Balaban J connectivity index is 1.65. The first-order chi connectivity index (χ1) is 7.75. The normalized spacial score (nSPS) is 34.1. The SMILES string of the molecule is CC1CCCC(OCC(N)C2CCCC2)C1. The summed E-state index contributed by atoms with van der Waals surface area (Å²) in [5.74, 6) is 1.59. The molecule has 0 bridgehead atoms. The molecule has 0 amide bonds. The first kappa shape index (κ1) is 12.4. The molecule has 2 nitrogen and oxygen atoms in total. The van der Waals surface area contributed by atoms with Crippen molar-refractivity contribution in [3.05, 3.63) is 0 Å². The summed E-state index contributed by atoms with van der Waals surface area (Å²) in [4.78, 5) is 0. The molecule has 0 aromatic heterocycles. The van der Waals surface area contributed by atoms with Crippen molar-refractivity contribution in [2.75, 3.05) is 6.61 Å². The number of hydrogen-bond donors (Lipinski definition) is 1. The van der Waals surface area contributed by atoms with Gasteiger partial charge in [0, 0.05) is 6.04 Å². The molecule has 0 aliphatic heterocycles. The second-order valence-electron chi connectivity index (χ2n) is 5.94. The maximum atomic E-state index is 6.21. The fourth-order valence-electron chi connectivity index (χ4n) is 3.30. The highest BCUT2D eigenvalue weighted by atomic mass is 16.5. The lowest BCUT2D eigenvalue weighted by molar-refractivity contribution is 0.00230. The highest BCUT2D eigenvalue weighted by Gasteiger charge is 2.24. The first-order valence-corrected chi connectivity index (χ1v) is 7.13. The molecule has 16 heavy (non-hydrogen) atoms. The van der Waals surface area contributed by atoms with Crippen LogP contribution in [0.1, 0.15) is 58.3 Å². The van der Waals surface area contributed by atoms with Gasteiger partial charge in [-0.25, -0.2) is 0 Å². The van der Waals surface area contributed by atoms with Crippen molar-refractivity contribution < 1.29 is 4.74 Å². The van der Waals surface area contributed by atoms with Gasteiger partial charge in [-0.3, -0.25) is 0 Å². The molecule has 2 aliphatic carbocycles. The number of nitrogens with two attached hydrogens (primary N) is 1. The van der Waals surface area contributed by atoms with Gasteiger partial charge in [0.25, 0.3) is 0 Å². The minimum atomic E-state index is 0.291. The zero-order valence-electron chi connectivity index (χ0n) is 10.7. The van der Waals surface area contributed by atoms with Crippen molar-refractivity contribution in [2.24, 2.45) is 17.6 Å². The molecule has 0 aromatic rings. The van der Waals surface area contributed by atoms with Gasteiger partial charge in [0.2, 0.25) is 0 Å². The molecule has 2 heteroatoms. The smallest absolute Gasteiger partial charge is 0.0623 e. The molecule has 2 N–H and O–H groups in total. The first-order valence-electron chi connectivity index (χ1n) is 7.13.